The van der Waals surface area contributed by atoms with Crippen LogP contribution < -0.4 is 0 Å². The monoisotopic (exact) mass is 464 g/mol. The molecule has 3 aromatic rings. The third-order valence-corrected chi connectivity index (χ3v) is 4.89. The molecular formula is C22H13F9O. The summed E-state index contributed by atoms with van der Waals surface area (Å²) in [6, 6.07) is 9.46. The second kappa shape index (κ2) is 7.84. The lowest BCUT2D eigenvalue weighted by Crippen LogP contribution is -2.29. The van der Waals surface area contributed by atoms with Crippen molar-refractivity contribution < 1.29 is 44.6 Å². The van der Waals surface area contributed by atoms with Gasteiger partial charge in [-0.25, -0.2) is 0 Å². The first kappa shape index (κ1) is 23.6. The highest BCUT2D eigenvalue weighted by Crippen LogP contribution is 2.40. The Morgan fingerprint density at radius 2 is 0.500 bits per heavy atom. The first-order valence-corrected chi connectivity index (χ1v) is 8.89. The number of rotatable bonds is 3. The van der Waals surface area contributed by atoms with Gasteiger partial charge >= 0.3 is 18.5 Å². The SMILES string of the molecule is OC(c1ccc(C(F)(F)F)cc1)(c1ccc(C(F)(F)F)cc1)c1ccc(C(F)(F)F)cc1. The van der Waals surface area contributed by atoms with Crippen LogP contribution in [0.15, 0.2) is 72.8 Å². The molecule has 170 valence electrons. The Kier molecular flexibility index (Phi) is 5.80. The molecule has 0 saturated heterocycles. The third-order valence-electron chi connectivity index (χ3n) is 4.89. The Balaban J connectivity index is 2.17. The summed E-state index contributed by atoms with van der Waals surface area (Å²) >= 11 is 0. The molecule has 3 rings (SSSR count). The smallest absolute Gasteiger partial charge is 0.376 e. The summed E-state index contributed by atoms with van der Waals surface area (Å²) in [7, 11) is 0. The van der Waals surface area contributed by atoms with Crippen molar-refractivity contribution >= 4 is 0 Å². The summed E-state index contributed by atoms with van der Waals surface area (Å²) in [5.74, 6) is 0. The molecule has 0 aliphatic rings. The van der Waals surface area contributed by atoms with E-state index < -0.39 is 40.8 Å². The van der Waals surface area contributed by atoms with Gasteiger partial charge in [0.25, 0.3) is 0 Å². The summed E-state index contributed by atoms with van der Waals surface area (Å²) < 4.78 is 116. The topological polar surface area (TPSA) is 20.2 Å². The van der Waals surface area contributed by atoms with Crippen molar-refractivity contribution in [3.8, 4) is 0 Å². The van der Waals surface area contributed by atoms with Crippen LogP contribution in [0.3, 0.4) is 0 Å². The standard InChI is InChI=1S/C22H13F9O/c23-20(24,25)16-7-1-13(2-8-16)19(32,14-3-9-17(10-4-14)21(26,27)28)15-5-11-18(12-6-15)22(29,30)31/h1-12,32H. The minimum Gasteiger partial charge on any atom is -0.376 e. The molecular weight excluding hydrogens is 451 g/mol. The van der Waals surface area contributed by atoms with Crippen LogP contribution in [0.5, 0.6) is 0 Å². The maximum atomic E-state index is 12.9. The Morgan fingerprint density at radius 3 is 0.656 bits per heavy atom. The van der Waals surface area contributed by atoms with Crippen LogP contribution in [-0.2, 0) is 24.1 Å². The highest BCUT2D eigenvalue weighted by Gasteiger charge is 2.38. The van der Waals surface area contributed by atoms with Gasteiger partial charge in [-0.1, -0.05) is 36.4 Å². The highest BCUT2D eigenvalue weighted by atomic mass is 19.4. The van der Waals surface area contributed by atoms with Crippen LogP contribution >= 0.6 is 0 Å². The fourth-order valence-corrected chi connectivity index (χ4v) is 3.20. The fourth-order valence-electron chi connectivity index (χ4n) is 3.20. The van der Waals surface area contributed by atoms with Gasteiger partial charge < -0.3 is 5.11 Å². The predicted molar refractivity (Wildman–Crippen MR) is 96.4 cm³/mol. The third kappa shape index (κ3) is 4.59. The van der Waals surface area contributed by atoms with Crippen molar-refractivity contribution in [2.75, 3.05) is 0 Å². The summed E-state index contributed by atoms with van der Waals surface area (Å²) in [6.45, 7) is 0. The van der Waals surface area contributed by atoms with E-state index in [1.54, 1.807) is 0 Å². The molecule has 0 aliphatic heterocycles. The van der Waals surface area contributed by atoms with E-state index in [1.807, 2.05) is 0 Å². The van der Waals surface area contributed by atoms with E-state index in [4.69, 9.17) is 0 Å². The maximum Gasteiger partial charge on any atom is 0.416 e. The number of hydrogen-bond acceptors (Lipinski definition) is 1. The molecule has 0 saturated carbocycles. The summed E-state index contributed by atoms with van der Waals surface area (Å²) in [6.07, 6.45) is -14.0. The van der Waals surface area contributed by atoms with Gasteiger partial charge in [0.05, 0.1) is 16.7 Å². The number of hydrogen-bond donors (Lipinski definition) is 1. The van der Waals surface area contributed by atoms with E-state index >= 15 is 0 Å². The number of halogens is 9. The van der Waals surface area contributed by atoms with Crippen molar-refractivity contribution in [1.82, 2.24) is 0 Å². The summed E-state index contributed by atoms with van der Waals surface area (Å²) in [5.41, 5.74) is -5.96. The Bertz CT molecular complexity index is 920. The molecule has 32 heavy (non-hydrogen) atoms. The lowest BCUT2D eigenvalue weighted by Gasteiger charge is -2.31. The minimum atomic E-state index is -4.68. The molecule has 0 spiro atoms. The van der Waals surface area contributed by atoms with Gasteiger partial charge in [0.15, 0.2) is 0 Å². The van der Waals surface area contributed by atoms with E-state index in [0.29, 0.717) is 36.4 Å². The van der Waals surface area contributed by atoms with Crippen LogP contribution in [0, 0.1) is 0 Å². The van der Waals surface area contributed by atoms with Gasteiger partial charge in [0, 0.05) is 0 Å². The lowest BCUT2D eigenvalue weighted by atomic mass is 9.79. The zero-order valence-electron chi connectivity index (χ0n) is 15.8. The number of benzene rings is 3. The molecule has 0 fully saturated rings. The van der Waals surface area contributed by atoms with E-state index in [2.05, 4.69) is 0 Å². The van der Waals surface area contributed by atoms with E-state index in [9.17, 15) is 44.6 Å². The van der Waals surface area contributed by atoms with Crippen LogP contribution in [0.25, 0.3) is 0 Å². The highest BCUT2D eigenvalue weighted by molar-refractivity contribution is 5.49. The summed E-state index contributed by atoms with van der Waals surface area (Å²) in [5, 5.41) is 11.5. The second-order valence-electron chi connectivity index (χ2n) is 6.94. The van der Waals surface area contributed by atoms with Gasteiger partial charge in [-0.2, -0.15) is 39.5 Å². The minimum absolute atomic E-state index is 0.176. The van der Waals surface area contributed by atoms with Gasteiger partial charge in [0.2, 0.25) is 0 Å². The van der Waals surface area contributed by atoms with Crippen molar-refractivity contribution in [3.63, 3.8) is 0 Å². The lowest BCUT2D eigenvalue weighted by molar-refractivity contribution is -0.138. The molecule has 10 heteroatoms. The second-order valence-corrected chi connectivity index (χ2v) is 6.94. The Hall–Kier alpha value is -3.01. The molecule has 0 amide bonds. The Morgan fingerprint density at radius 1 is 0.344 bits per heavy atom. The molecule has 0 atom stereocenters. The maximum absolute atomic E-state index is 12.9. The van der Waals surface area contributed by atoms with E-state index in [1.165, 1.54) is 0 Å². The average Bonchev–Trinajstić information content (AvgIpc) is 2.71. The molecule has 0 unspecified atom stereocenters. The van der Waals surface area contributed by atoms with Crippen molar-refractivity contribution in [2.24, 2.45) is 0 Å². The van der Waals surface area contributed by atoms with E-state index in [0.717, 1.165) is 36.4 Å². The first-order chi connectivity index (χ1) is 14.6. The first-order valence-electron chi connectivity index (χ1n) is 8.89. The molecule has 0 bridgehead atoms. The van der Waals surface area contributed by atoms with Crippen molar-refractivity contribution in [2.45, 2.75) is 24.1 Å². The van der Waals surface area contributed by atoms with Gasteiger partial charge in [-0.3, -0.25) is 0 Å². The van der Waals surface area contributed by atoms with Crippen molar-refractivity contribution in [1.29, 1.82) is 0 Å². The van der Waals surface area contributed by atoms with Gasteiger partial charge in [-0.15, -0.1) is 0 Å². The van der Waals surface area contributed by atoms with Crippen LogP contribution in [0.2, 0.25) is 0 Å². The molecule has 0 heterocycles. The zero-order chi connectivity index (χ0) is 23.9. The van der Waals surface area contributed by atoms with E-state index in [-0.39, 0.29) is 16.7 Å². The summed E-state index contributed by atoms with van der Waals surface area (Å²) in [4.78, 5) is 0. The largest absolute Gasteiger partial charge is 0.416 e. The van der Waals surface area contributed by atoms with Gasteiger partial charge in [-0.05, 0) is 53.1 Å². The zero-order valence-corrected chi connectivity index (χ0v) is 15.8. The quantitative estimate of drug-likeness (QED) is 0.326. The number of aliphatic hydroxyl groups is 1. The molecule has 0 radical (unpaired) electrons. The van der Waals surface area contributed by atoms with Crippen LogP contribution in [-0.4, -0.2) is 5.11 Å². The van der Waals surface area contributed by atoms with Crippen molar-refractivity contribution in [3.05, 3.63) is 106 Å². The molecule has 0 aliphatic carbocycles. The van der Waals surface area contributed by atoms with Gasteiger partial charge in [0.1, 0.15) is 5.60 Å². The molecule has 1 N–H and O–H groups in total. The molecule has 0 aromatic heterocycles. The fraction of sp³-hybridized carbons (Fsp3) is 0.182. The van der Waals surface area contributed by atoms with Crippen LogP contribution in [0.4, 0.5) is 39.5 Å². The van der Waals surface area contributed by atoms with Crippen LogP contribution in [0.1, 0.15) is 33.4 Å². The number of alkyl halides is 9. The molecule has 1 nitrogen and oxygen atoms in total. The normalized spacial score (nSPS) is 13.3. The molecule has 3 aromatic carbocycles. The Labute approximate surface area is 175 Å². The average molecular weight is 464 g/mol. The predicted octanol–water partition coefficient (Wildman–Crippen LogP) is 7.03.